The zero-order chi connectivity index (χ0) is 7.59. The fourth-order valence-corrected chi connectivity index (χ4v) is 2.76. The van der Waals surface area contributed by atoms with E-state index >= 15 is 0 Å². The van der Waals surface area contributed by atoms with E-state index in [0.29, 0.717) is 11.8 Å². The lowest BCUT2D eigenvalue weighted by atomic mass is 9.71. The van der Waals surface area contributed by atoms with Crippen molar-refractivity contribution in [3.05, 3.63) is 36.5 Å². The van der Waals surface area contributed by atoms with Crippen LogP contribution in [0, 0.1) is 23.7 Å². The van der Waals surface area contributed by atoms with Crippen LogP contribution in [-0.4, -0.2) is 0 Å². The van der Waals surface area contributed by atoms with E-state index in [9.17, 15) is 0 Å². The Kier molecular flexibility index (Phi) is 0.806. The van der Waals surface area contributed by atoms with Gasteiger partial charge in [-0.25, -0.2) is 0 Å². The highest BCUT2D eigenvalue weighted by molar-refractivity contribution is 5.46. The molecule has 4 atom stereocenters. The van der Waals surface area contributed by atoms with E-state index in [-0.39, 0.29) is 0 Å². The third kappa shape index (κ3) is 0.526. The van der Waals surface area contributed by atoms with Crippen LogP contribution >= 0.6 is 0 Å². The SMILES string of the molecule is C=C1C(=C)C2C=CC1C1CC21. The molecule has 56 valence electrons. The van der Waals surface area contributed by atoms with Gasteiger partial charge in [0, 0.05) is 11.8 Å². The highest BCUT2D eigenvalue weighted by Gasteiger charge is 2.54. The van der Waals surface area contributed by atoms with Gasteiger partial charge in [-0.2, -0.15) is 0 Å². The molecular weight excluding hydrogens is 132 g/mol. The second-order valence-electron chi connectivity index (χ2n) is 4.05. The van der Waals surface area contributed by atoms with Gasteiger partial charge in [0.1, 0.15) is 0 Å². The van der Waals surface area contributed by atoms with Crippen molar-refractivity contribution in [2.45, 2.75) is 6.42 Å². The predicted octanol–water partition coefficient (Wildman–Crippen LogP) is 2.55. The minimum Gasteiger partial charge on any atom is -0.0949 e. The van der Waals surface area contributed by atoms with Gasteiger partial charge in [0.25, 0.3) is 0 Å². The van der Waals surface area contributed by atoms with E-state index in [2.05, 4.69) is 25.3 Å². The Balaban J connectivity index is 2.16. The summed E-state index contributed by atoms with van der Waals surface area (Å²) in [4.78, 5) is 0. The predicted molar refractivity (Wildman–Crippen MR) is 46.0 cm³/mol. The summed E-state index contributed by atoms with van der Waals surface area (Å²) in [7, 11) is 0. The quantitative estimate of drug-likeness (QED) is 0.458. The molecule has 2 saturated carbocycles. The zero-order valence-electron chi connectivity index (χ0n) is 6.59. The minimum absolute atomic E-state index is 0.664. The Morgan fingerprint density at radius 3 is 1.91 bits per heavy atom. The van der Waals surface area contributed by atoms with Crippen LogP contribution in [0.4, 0.5) is 0 Å². The monoisotopic (exact) mass is 144 g/mol. The van der Waals surface area contributed by atoms with Crippen LogP contribution in [-0.2, 0) is 0 Å². The fourth-order valence-electron chi connectivity index (χ4n) is 2.76. The average Bonchev–Trinajstić information content (AvgIpc) is 2.76. The molecule has 11 heavy (non-hydrogen) atoms. The third-order valence-corrected chi connectivity index (χ3v) is 3.56. The first-order chi connectivity index (χ1) is 5.29. The molecule has 0 nitrogen and oxygen atoms in total. The lowest BCUT2D eigenvalue weighted by Crippen LogP contribution is -2.24. The molecule has 0 aromatic rings. The molecule has 0 aliphatic heterocycles. The molecule has 0 N–H and O–H groups in total. The molecule has 4 rings (SSSR count). The molecular formula is C11H12. The van der Waals surface area contributed by atoms with Crippen molar-refractivity contribution in [2.75, 3.05) is 0 Å². The Morgan fingerprint density at radius 2 is 1.45 bits per heavy atom. The molecule has 2 fully saturated rings. The van der Waals surface area contributed by atoms with Crippen LogP contribution < -0.4 is 0 Å². The van der Waals surface area contributed by atoms with Crippen LogP contribution in [0.5, 0.6) is 0 Å². The largest absolute Gasteiger partial charge is 0.0949 e. The normalized spacial score (nSPS) is 51.3. The van der Waals surface area contributed by atoms with E-state index in [1.54, 1.807) is 0 Å². The number of allylic oxidation sites excluding steroid dienone is 4. The van der Waals surface area contributed by atoms with Crippen LogP contribution in [0.2, 0.25) is 0 Å². The van der Waals surface area contributed by atoms with Crippen molar-refractivity contribution < 1.29 is 0 Å². The molecule has 0 heterocycles. The lowest BCUT2D eigenvalue weighted by Gasteiger charge is -2.34. The summed E-state index contributed by atoms with van der Waals surface area (Å²) in [5.41, 5.74) is 2.63. The molecule has 0 heteroatoms. The van der Waals surface area contributed by atoms with Gasteiger partial charge >= 0.3 is 0 Å². The molecule has 0 aromatic heterocycles. The molecule has 4 unspecified atom stereocenters. The van der Waals surface area contributed by atoms with Crippen molar-refractivity contribution in [2.24, 2.45) is 23.7 Å². The van der Waals surface area contributed by atoms with Crippen LogP contribution in [0.25, 0.3) is 0 Å². The van der Waals surface area contributed by atoms with E-state index in [1.165, 1.54) is 17.6 Å². The standard InChI is InChI=1S/C11H12/c1-6-7(2)9-4-3-8(6)10-5-11(9)10/h3-4,8-11H,1-2,5H2. The van der Waals surface area contributed by atoms with Gasteiger partial charge in [0.05, 0.1) is 0 Å². The first-order valence-electron chi connectivity index (χ1n) is 4.35. The summed E-state index contributed by atoms with van der Waals surface area (Å²) in [5, 5.41) is 0. The maximum absolute atomic E-state index is 4.10. The fraction of sp³-hybridized carbons (Fsp3) is 0.455. The van der Waals surface area contributed by atoms with Gasteiger partial charge in [0.2, 0.25) is 0 Å². The highest BCUT2D eigenvalue weighted by atomic mass is 14.6. The van der Waals surface area contributed by atoms with Gasteiger partial charge in [0.15, 0.2) is 0 Å². The molecule has 0 saturated heterocycles. The second kappa shape index (κ2) is 1.52. The average molecular weight is 144 g/mol. The maximum Gasteiger partial charge on any atom is 0.00464 e. The minimum atomic E-state index is 0.664. The molecule has 0 radical (unpaired) electrons. The van der Waals surface area contributed by atoms with Gasteiger partial charge < -0.3 is 0 Å². The maximum atomic E-state index is 4.10. The molecule has 4 aliphatic rings. The summed E-state index contributed by atoms with van der Waals surface area (Å²) in [6, 6.07) is 0. The van der Waals surface area contributed by atoms with Crippen LogP contribution in [0.3, 0.4) is 0 Å². The van der Waals surface area contributed by atoms with Gasteiger partial charge in [-0.05, 0) is 29.4 Å². The van der Waals surface area contributed by atoms with E-state index < -0.39 is 0 Å². The van der Waals surface area contributed by atoms with Gasteiger partial charge in [-0.3, -0.25) is 0 Å². The highest BCUT2D eigenvalue weighted by Crippen LogP contribution is 2.62. The summed E-state index contributed by atoms with van der Waals surface area (Å²) in [5.74, 6) is 3.22. The van der Waals surface area contributed by atoms with Crippen molar-refractivity contribution >= 4 is 0 Å². The van der Waals surface area contributed by atoms with Crippen molar-refractivity contribution in [1.82, 2.24) is 0 Å². The molecule has 4 aliphatic carbocycles. The molecule has 0 spiro atoms. The first kappa shape index (κ1) is 5.82. The van der Waals surface area contributed by atoms with Crippen molar-refractivity contribution in [3.63, 3.8) is 0 Å². The zero-order valence-corrected chi connectivity index (χ0v) is 6.59. The molecule has 0 aromatic carbocycles. The second-order valence-corrected chi connectivity index (χ2v) is 4.05. The van der Waals surface area contributed by atoms with Gasteiger partial charge in [-0.15, -0.1) is 0 Å². The van der Waals surface area contributed by atoms with Gasteiger partial charge in [-0.1, -0.05) is 25.3 Å². The summed E-state index contributed by atoms with van der Waals surface area (Å²) in [6.45, 7) is 8.21. The Hall–Kier alpha value is -0.780. The van der Waals surface area contributed by atoms with E-state index in [1.807, 2.05) is 0 Å². The number of hydrogen-bond donors (Lipinski definition) is 0. The number of hydrogen-bond acceptors (Lipinski definition) is 0. The van der Waals surface area contributed by atoms with Crippen LogP contribution in [0.15, 0.2) is 36.5 Å². The van der Waals surface area contributed by atoms with E-state index in [4.69, 9.17) is 0 Å². The Morgan fingerprint density at radius 1 is 1.00 bits per heavy atom. The topological polar surface area (TPSA) is 0 Å². The summed E-state index contributed by atoms with van der Waals surface area (Å²) < 4.78 is 0. The van der Waals surface area contributed by atoms with Crippen molar-refractivity contribution in [3.8, 4) is 0 Å². The molecule has 0 amide bonds. The smallest absolute Gasteiger partial charge is 0.00464 e. The first-order valence-corrected chi connectivity index (χ1v) is 4.35. The number of fused-ring (bicyclic) bond motifs is 1. The third-order valence-electron chi connectivity index (χ3n) is 3.56. The summed E-state index contributed by atoms with van der Waals surface area (Å²) in [6.07, 6.45) is 6.10. The Labute approximate surface area is 67.3 Å². The molecule has 2 bridgehead atoms. The van der Waals surface area contributed by atoms with Crippen LogP contribution in [0.1, 0.15) is 6.42 Å². The van der Waals surface area contributed by atoms with Crippen molar-refractivity contribution in [1.29, 1.82) is 0 Å². The Bertz CT molecular complexity index is 254. The number of rotatable bonds is 0. The summed E-state index contributed by atoms with van der Waals surface area (Å²) >= 11 is 0. The van der Waals surface area contributed by atoms with E-state index in [0.717, 1.165) is 11.8 Å². The lowest BCUT2D eigenvalue weighted by molar-refractivity contribution is 0.457.